The first-order valence-corrected chi connectivity index (χ1v) is 7.51. The molecular weight excluding hydrogens is 250 g/mol. The number of benzene rings is 1. The molecule has 1 aliphatic carbocycles. The predicted octanol–water partition coefficient (Wildman–Crippen LogP) is 3.21. The van der Waals surface area contributed by atoms with E-state index in [0.29, 0.717) is 12.5 Å². The van der Waals surface area contributed by atoms with Gasteiger partial charge in [0, 0.05) is 5.54 Å². The van der Waals surface area contributed by atoms with Gasteiger partial charge in [0.1, 0.15) is 5.75 Å². The zero-order valence-electron chi connectivity index (χ0n) is 13.1. The van der Waals surface area contributed by atoms with Crippen molar-refractivity contribution in [2.75, 3.05) is 6.54 Å². The summed E-state index contributed by atoms with van der Waals surface area (Å²) in [6, 6.07) is 7.86. The number of hydrogen-bond donors (Lipinski definition) is 2. The third kappa shape index (κ3) is 4.80. The van der Waals surface area contributed by atoms with Crippen molar-refractivity contribution in [3.63, 3.8) is 0 Å². The Morgan fingerprint density at radius 3 is 2.55 bits per heavy atom. The first-order valence-electron chi connectivity index (χ1n) is 7.51. The summed E-state index contributed by atoms with van der Waals surface area (Å²) in [6.07, 6.45) is 3.36. The van der Waals surface area contributed by atoms with E-state index in [1.807, 2.05) is 31.2 Å². The monoisotopic (exact) mass is 277 g/mol. The Hall–Kier alpha value is -1.06. The van der Waals surface area contributed by atoms with Crippen molar-refractivity contribution in [2.45, 2.75) is 64.2 Å². The van der Waals surface area contributed by atoms with E-state index in [9.17, 15) is 5.11 Å². The average molecular weight is 277 g/mol. The fraction of sp³-hybridized carbons (Fsp3) is 0.647. The van der Waals surface area contributed by atoms with Crippen LogP contribution in [0.1, 0.15) is 52.5 Å². The highest BCUT2D eigenvalue weighted by Gasteiger charge is 2.26. The number of ether oxygens (including phenoxy) is 1. The molecule has 0 amide bonds. The average Bonchev–Trinajstić information content (AvgIpc) is 3.11. The Morgan fingerprint density at radius 1 is 1.25 bits per heavy atom. The predicted molar refractivity (Wildman–Crippen MR) is 82.0 cm³/mol. The van der Waals surface area contributed by atoms with Crippen molar-refractivity contribution in [3.05, 3.63) is 29.8 Å². The number of hydrogen-bond acceptors (Lipinski definition) is 3. The summed E-state index contributed by atoms with van der Waals surface area (Å²) in [4.78, 5) is 0. The van der Waals surface area contributed by atoms with E-state index >= 15 is 0 Å². The van der Waals surface area contributed by atoms with E-state index in [-0.39, 0.29) is 5.54 Å². The third-order valence-corrected chi connectivity index (χ3v) is 3.55. The second-order valence-corrected chi connectivity index (χ2v) is 7.05. The molecule has 1 aliphatic rings. The van der Waals surface area contributed by atoms with Gasteiger partial charge in [0.25, 0.3) is 0 Å². The lowest BCUT2D eigenvalue weighted by molar-refractivity contribution is 0.0461. The highest BCUT2D eigenvalue weighted by Crippen LogP contribution is 2.31. The summed E-state index contributed by atoms with van der Waals surface area (Å²) in [5.41, 5.74) is 0.167. The van der Waals surface area contributed by atoms with Crippen LogP contribution in [-0.4, -0.2) is 23.3 Å². The standard InChI is InChI=1S/C17H27NO2/c1-16(2,3)18-11-10-17(4,19)13-6-5-7-15(12-13)20-14-8-9-14/h5-7,12,14,18-19H,8-11H2,1-4H3. The molecule has 20 heavy (non-hydrogen) atoms. The Bertz CT molecular complexity index is 445. The van der Waals surface area contributed by atoms with E-state index in [1.54, 1.807) is 0 Å². The number of rotatable bonds is 6. The van der Waals surface area contributed by atoms with Gasteiger partial charge in [-0.15, -0.1) is 0 Å². The van der Waals surface area contributed by atoms with E-state index < -0.39 is 5.60 Å². The maximum atomic E-state index is 10.7. The first kappa shape index (κ1) is 15.3. The van der Waals surface area contributed by atoms with Crippen LogP contribution >= 0.6 is 0 Å². The molecule has 1 saturated carbocycles. The van der Waals surface area contributed by atoms with E-state index in [2.05, 4.69) is 26.1 Å². The van der Waals surface area contributed by atoms with Crippen molar-refractivity contribution >= 4 is 0 Å². The second-order valence-electron chi connectivity index (χ2n) is 7.05. The van der Waals surface area contributed by atoms with Crippen LogP contribution < -0.4 is 10.1 Å². The molecule has 2 rings (SSSR count). The van der Waals surface area contributed by atoms with Crippen molar-refractivity contribution in [2.24, 2.45) is 0 Å². The molecule has 0 heterocycles. The van der Waals surface area contributed by atoms with Gasteiger partial charge in [0.2, 0.25) is 0 Å². The van der Waals surface area contributed by atoms with Crippen LogP contribution in [0.3, 0.4) is 0 Å². The molecule has 2 N–H and O–H groups in total. The zero-order chi connectivity index (χ0) is 14.8. The molecule has 3 heteroatoms. The minimum atomic E-state index is -0.832. The molecule has 1 aromatic carbocycles. The van der Waals surface area contributed by atoms with Crippen LogP contribution in [0.15, 0.2) is 24.3 Å². The molecular formula is C17H27NO2. The summed E-state index contributed by atoms with van der Waals surface area (Å²) in [7, 11) is 0. The molecule has 112 valence electrons. The van der Waals surface area contributed by atoms with Crippen molar-refractivity contribution in [1.82, 2.24) is 5.32 Å². The zero-order valence-corrected chi connectivity index (χ0v) is 13.1. The normalized spacial score (nSPS) is 18.6. The summed E-state index contributed by atoms with van der Waals surface area (Å²) < 4.78 is 5.79. The van der Waals surface area contributed by atoms with E-state index in [1.165, 1.54) is 0 Å². The molecule has 1 aromatic rings. The summed E-state index contributed by atoms with van der Waals surface area (Å²) >= 11 is 0. The maximum absolute atomic E-state index is 10.7. The molecule has 1 fully saturated rings. The SMILES string of the molecule is CC(C)(C)NCCC(C)(O)c1cccc(OC2CC2)c1. The molecule has 3 nitrogen and oxygen atoms in total. The van der Waals surface area contributed by atoms with Crippen molar-refractivity contribution in [1.29, 1.82) is 0 Å². The minimum Gasteiger partial charge on any atom is -0.490 e. The third-order valence-electron chi connectivity index (χ3n) is 3.55. The van der Waals surface area contributed by atoms with Gasteiger partial charge in [-0.25, -0.2) is 0 Å². The van der Waals surface area contributed by atoms with Crippen LogP contribution in [0.5, 0.6) is 5.75 Å². The lowest BCUT2D eigenvalue weighted by Crippen LogP contribution is -2.39. The quantitative estimate of drug-likeness (QED) is 0.839. The minimum absolute atomic E-state index is 0.0764. The lowest BCUT2D eigenvalue weighted by atomic mass is 9.92. The van der Waals surface area contributed by atoms with Crippen LogP contribution in [0.4, 0.5) is 0 Å². The van der Waals surface area contributed by atoms with Gasteiger partial charge < -0.3 is 15.2 Å². The summed E-state index contributed by atoms with van der Waals surface area (Å²) in [6.45, 7) is 9.04. The van der Waals surface area contributed by atoms with Crippen LogP contribution in [-0.2, 0) is 5.60 Å². The molecule has 0 bridgehead atoms. The van der Waals surface area contributed by atoms with Gasteiger partial charge in [-0.1, -0.05) is 12.1 Å². The fourth-order valence-electron chi connectivity index (χ4n) is 2.11. The molecule has 0 aliphatic heterocycles. The highest BCUT2D eigenvalue weighted by atomic mass is 16.5. The Morgan fingerprint density at radius 2 is 1.95 bits per heavy atom. The second kappa shape index (κ2) is 5.74. The smallest absolute Gasteiger partial charge is 0.120 e. The van der Waals surface area contributed by atoms with Crippen LogP contribution in [0, 0.1) is 0 Å². The van der Waals surface area contributed by atoms with Gasteiger partial charge in [-0.3, -0.25) is 0 Å². The fourth-order valence-corrected chi connectivity index (χ4v) is 2.11. The Balaban J connectivity index is 1.96. The molecule has 0 spiro atoms. The van der Waals surface area contributed by atoms with Gasteiger partial charge in [-0.05, 0) is 71.2 Å². The Kier molecular flexibility index (Phi) is 4.40. The molecule has 0 aromatic heterocycles. The Labute approximate surface area is 122 Å². The van der Waals surface area contributed by atoms with E-state index in [4.69, 9.17) is 4.74 Å². The molecule has 0 saturated heterocycles. The molecule has 1 atom stereocenters. The number of nitrogens with one attached hydrogen (secondary N) is 1. The van der Waals surface area contributed by atoms with Gasteiger partial charge in [-0.2, -0.15) is 0 Å². The van der Waals surface area contributed by atoms with Gasteiger partial charge >= 0.3 is 0 Å². The van der Waals surface area contributed by atoms with E-state index in [0.717, 1.165) is 30.7 Å². The molecule has 0 radical (unpaired) electrons. The largest absolute Gasteiger partial charge is 0.490 e. The highest BCUT2D eigenvalue weighted by molar-refractivity contribution is 5.32. The summed E-state index contributed by atoms with van der Waals surface area (Å²) in [5, 5.41) is 14.1. The molecule has 1 unspecified atom stereocenters. The van der Waals surface area contributed by atoms with Crippen molar-refractivity contribution < 1.29 is 9.84 Å². The van der Waals surface area contributed by atoms with Crippen LogP contribution in [0.25, 0.3) is 0 Å². The van der Waals surface area contributed by atoms with Crippen molar-refractivity contribution in [3.8, 4) is 5.75 Å². The topological polar surface area (TPSA) is 41.5 Å². The maximum Gasteiger partial charge on any atom is 0.120 e. The number of aliphatic hydroxyl groups is 1. The van der Waals surface area contributed by atoms with Crippen LogP contribution in [0.2, 0.25) is 0 Å². The van der Waals surface area contributed by atoms with Gasteiger partial charge in [0.15, 0.2) is 0 Å². The lowest BCUT2D eigenvalue weighted by Gasteiger charge is -2.27. The first-order chi connectivity index (χ1) is 9.26. The van der Waals surface area contributed by atoms with Gasteiger partial charge in [0.05, 0.1) is 11.7 Å². The summed E-state index contributed by atoms with van der Waals surface area (Å²) in [5.74, 6) is 0.869.